The van der Waals surface area contributed by atoms with E-state index >= 15 is 0 Å². The summed E-state index contributed by atoms with van der Waals surface area (Å²) in [6, 6.07) is 0.364. The number of ether oxygens (including phenoxy) is 2. The lowest BCUT2D eigenvalue weighted by Gasteiger charge is -2.21. The maximum atomic E-state index is 5.84. The molecule has 0 aromatic heterocycles. The normalized spacial score (nSPS) is 22.8. The Morgan fingerprint density at radius 1 is 1.33 bits per heavy atom. The van der Waals surface area contributed by atoms with Gasteiger partial charge in [-0.05, 0) is 26.8 Å². The molecular weight excluding hydrogens is 192 g/mol. The molecule has 2 N–H and O–H groups in total. The Labute approximate surface area is 92.7 Å². The zero-order chi connectivity index (χ0) is 11.1. The van der Waals surface area contributed by atoms with Gasteiger partial charge in [-0.3, -0.25) is 0 Å². The van der Waals surface area contributed by atoms with E-state index in [1.165, 1.54) is 0 Å². The van der Waals surface area contributed by atoms with Crippen LogP contribution in [0.1, 0.15) is 26.7 Å². The summed E-state index contributed by atoms with van der Waals surface area (Å²) in [5.41, 5.74) is 5.84. The molecule has 0 aliphatic carbocycles. The fourth-order valence-electron chi connectivity index (χ4n) is 1.94. The van der Waals surface area contributed by atoms with Crippen molar-refractivity contribution in [3.63, 3.8) is 0 Å². The first-order valence-electron chi connectivity index (χ1n) is 5.97. The van der Waals surface area contributed by atoms with Crippen molar-refractivity contribution in [1.82, 2.24) is 4.90 Å². The van der Waals surface area contributed by atoms with Gasteiger partial charge in [-0.2, -0.15) is 0 Å². The maximum absolute atomic E-state index is 5.84. The Hall–Kier alpha value is -0.160. The van der Waals surface area contributed by atoms with E-state index in [4.69, 9.17) is 15.2 Å². The van der Waals surface area contributed by atoms with E-state index in [9.17, 15) is 0 Å². The highest BCUT2D eigenvalue weighted by atomic mass is 16.7. The zero-order valence-electron chi connectivity index (χ0n) is 9.95. The second-order valence-electron chi connectivity index (χ2n) is 3.98. The van der Waals surface area contributed by atoms with Gasteiger partial charge in [0.2, 0.25) is 0 Å². The van der Waals surface area contributed by atoms with E-state index in [2.05, 4.69) is 4.90 Å². The van der Waals surface area contributed by atoms with Crippen molar-refractivity contribution in [2.24, 2.45) is 5.73 Å². The third-order valence-corrected chi connectivity index (χ3v) is 2.69. The summed E-state index contributed by atoms with van der Waals surface area (Å²) in [7, 11) is 0. The van der Waals surface area contributed by atoms with Gasteiger partial charge in [0, 0.05) is 38.8 Å². The first kappa shape index (κ1) is 12.9. The quantitative estimate of drug-likeness (QED) is 0.640. The van der Waals surface area contributed by atoms with E-state index in [-0.39, 0.29) is 6.29 Å². The molecule has 0 amide bonds. The Kier molecular flexibility index (Phi) is 6.17. The summed E-state index contributed by atoms with van der Waals surface area (Å²) in [5, 5.41) is 0. The molecule has 1 fully saturated rings. The molecule has 4 nitrogen and oxygen atoms in total. The highest BCUT2D eigenvalue weighted by Crippen LogP contribution is 2.09. The van der Waals surface area contributed by atoms with Crippen LogP contribution in [0.2, 0.25) is 0 Å². The van der Waals surface area contributed by atoms with Crippen molar-refractivity contribution < 1.29 is 9.47 Å². The molecule has 0 bridgehead atoms. The van der Waals surface area contributed by atoms with Gasteiger partial charge in [0.15, 0.2) is 6.29 Å². The van der Waals surface area contributed by atoms with Crippen molar-refractivity contribution >= 4 is 0 Å². The van der Waals surface area contributed by atoms with E-state index in [1.807, 2.05) is 13.8 Å². The van der Waals surface area contributed by atoms with E-state index in [0.29, 0.717) is 19.3 Å². The highest BCUT2D eigenvalue weighted by molar-refractivity contribution is 4.77. The first-order valence-corrected chi connectivity index (χ1v) is 5.97. The summed E-state index contributed by atoms with van der Waals surface area (Å²) in [6.07, 6.45) is 2.01. The lowest BCUT2D eigenvalue weighted by Crippen LogP contribution is -2.30. The number of rotatable bonds is 7. The molecule has 1 aliphatic heterocycles. The van der Waals surface area contributed by atoms with Crippen LogP contribution in [0.4, 0.5) is 0 Å². The van der Waals surface area contributed by atoms with Gasteiger partial charge >= 0.3 is 0 Å². The number of nitrogens with zero attached hydrogens (tertiary/aromatic N) is 1. The van der Waals surface area contributed by atoms with Gasteiger partial charge < -0.3 is 20.1 Å². The van der Waals surface area contributed by atoms with Crippen LogP contribution in [0.25, 0.3) is 0 Å². The number of hydrogen-bond donors (Lipinski definition) is 1. The molecule has 1 rings (SSSR count). The Morgan fingerprint density at radius 2 is 2.00 bits per heavy atom. The molecule has 15 heavy (non-hydrogen) atoms. The predicted octanol–water partition coefficient (Wildman–Crippen LogP) is 0.809. The SMILES string of the molecule is CCOC(CCN1CC[C@H](N)C1)OCC. The zero-order valence-corrected chi connectivity index (χ0v) is 9.95. The molecule has 1 atom stereocenters. The molecule has 1 heterocycles. The standard InChI is InChI=1S/C11H24N2O2/c1-3-14-11(15-4-2)6-8-13-7-5-10(12)9-13/h10-11H,3-9,12H2,1-2H3/t10-/m0/s1. The third kappa shape index (κ3) is 4.93. The lowest BCUT2D eigenvalue weighted by molar-refractivity contribution is -0.141. The van der Waals surface area contributed by atoms with Crippen LogP contribution in [-0.4, -0.2) is 50.1 Å². The van der Waals surface area contributed by atoms with E-state index in [1.54, 1.807) is 0 Å². The van der Waals surface area contributed by atoms with Crippen molar-refractivity contribution in [3.05, 3.63) is 0 Å². The minimum absolute atomic E-state index is 0.0446. The molecule has 0 spiro atoms. The largest absolute Gasteiger partial charge is 0.353 e. The summed E-state index contributed by atoms with van der Waals surface area (Å²) in [5.74, 6) is 0. The van der Waals surface area contributed by atoms with E-state index in [0.717, 1.165) is 32.5 Å². The monoisotopic (exact) mass is 216 g/mol. The molecule has 0 aromatic rings. The first-order chi connectivity index (χ1) is 7.26. The van der Waals surface area contributed by atoms with Crippen LogP contribution in [0.15, 0.2) is 0 Å². The summed E-state index contributed by atoms with van der Waals surface area (Å²) >= 11 is 0. The second-order valence-corrected chi connectivity index (χ2v) is 3.98. The van der Waals surface area contributed by atoms with Crippen LogP contribution in [0.5, 0.6) is 0 Å². The number of likely N-dealkylation sites (tertiary alicyclic amines) is 1. The Balaban J connectivity index is 2.15. The summed E-state index contributed by atoms with van der Waals surface area (Å²) < 4.78 is 11.0. The smallest absolute Gasteiger partial charge is 0.158 e. The molecule has 1 aliphatic rings. The van der Waals surface area contributed by atoms with Gasteiger partial charge in [0.05, 0.1) is 0 Å². The average molecular weight is 216 g/mol. The van der Waals surface area contributed by atoms with Gasteiger partial charge in [-0.25, -0.2) is 0 Å². The van der Waals surface area contributed by atoms with Gasteiger partial charge in [0.1, 0.15) is 0 Å². The van der Waals surface area contributed by atoms with Crippen LogP contribution in [0.3, 0.4) is 0 Å². The van der Waals surface area contributed by atoms with Crippen molar-refractivity contribution in [2.75, 3.05) is 32.8 Å². The topological polar surface area (TPSA) is 47.7 Å². The van der Waals surface area contributed by atoms with Gasteiger partial charge in [0.25, 0.3) is 0 Å². The van der Waals surface area contributed by atoms with Crippen LogP contribution >= 0.6 is 0 Å². The fraction of sp³-hybridized carbons (Fsp3) is 1.00. The second kappa shape index (κ2) is 7.17. The lowest BCUT2D eigenvalue weighted by atomic mass is 10.3. The minimum Gasteiger partial charge on any atom is -0.353 e. The number of hydrogen-bond acceptors (Lipinski definition) is 4. The van der Waals surface area contributed by atoms with Crippen molar-refractivity contribution in [3.8, 4) is 0 Å². The molecular formula is C11H24N2O2. The molecule has 90 valence electrons. The predicted molar refractivity (Wildman–Crippen MR) is 60.7 cm³/mol. The van der Waals surface area contributed by atoms with Crippen molar-refractivity contribution in [1.29, 1.82) is 0 Å². The molecule has 1 saturated heterocycles. The van der Waals surface area contributed by atoms with E-state index < -0.39 is 0 Å². The van der Waals surface area contributed by atoms with Crippen LogP contribution in [0, 0.1) is 0 Å². The van der Waals surface area contributed by atoms with Crippen LogP contribution in [-0.2, 0) is 9.47 Å². The molecule has 0 saturated carbocycles. The Bertz CT molecular complexity index is 161. The molecule has 0 radical (unpaired) electrons. The molecule has 0 aromatic carbocycles. The summed E-state index contributed by atoms with van der Waals surface area (Å²) in [6.45, 7) is 8.58. The van der Waals surface area contributed by atoms with Gasteiger partial charge in [-0.15, -0.1) is 0 Å². The Morgan fingerprint density at radius 3 is 2.47 bits per heavy atom. The molecule has 0 unspecified atom stereocenters. The minimum atomic E-state index is -0.0446. The highest BCUT2D eigenvalue weighted by Gasteiger charge is 2.19. The number of nitrogens with two attached hydrogens (primary N) is 1. The maximum Gasteiger partial charge on any atom is 0.158 e. The fourth-order valence-corrected chi connectivity index (χ4v) is 1.94. The summed E-state index contributed by atoms with van der Waals surface area (Å²) in [4.78, 5) is 2.38. The van der Waals surface area contributed by atoms with Crippen LogP contribution < -0.4 is 5.73 Å². The van der Waals surface area contributed by atoms with Gasteiger partial charge in [-0.1, -0.05) is 0 Å². The van der Waals surface area contributed by atoms with Crippen molar-refractivity contribution in [2.45, 2.75) is 39.0 Å². The molecule has 4 heteroatoms. The third-order valence-electron chi connectivity index (χ3n) is 2.69. The average Bonchev–Trinajstić information content (AvgIpc) is 2.61.